The third kappa shape index (κ3) is 3.44. The fourth-order valence-electron chi connectivity index (χ4n) is 5.74. The summed E-state index contributed by atoms with van der Waals surface area (Å²) in [6.07, 6.45) is 5.94. The molecule has 0 aromatic carbocycles. The van der Waals surface area contributed by atoms with Crippen molar-refractivity contribution in [1.29, 1.82) is 0 Å². The molecular formula is C17H27F4N. The maximum absolute atomic E-state index is 13.7. The molecule has 4 fully saturated rings. The van der Waals surface area contributed by atoms with Crippen molar-refractivity contribution in [3.05, 3.63) is 0 Å². The first-order valence-electron chi connectivity index (χ1n) is 8.56. The SMILES string of the molecule is CC(NCC(F)(F)CC(C)(F)F)C12CC3CC(CC(C3)C1)C2. The molecule has 1 atom stereocenters. The Kier molecular flexibility index (Phi) is 4.02. The Balaban J connectivity index is 1.59. The van der Waals surface area contributed by atoms with Crippen molar-refractivity contribution in [2.75, 3.05) is 6.54 Å². The molecule has 4 rings (SSSR count). The Hall–Kier alpha value is -0.320. The first-order chi connectivity index (χ1) is 10.1. The molecule has 0 spiro atoms. The van der Waals surface area contributed by atoms with Crippen LogP contribution in [0.3, 0.4) is 0 Å². The Bertz CT molecular complexity index is 380. The van der Waals surface area contributed by atoms with E-state index in [4.69, 9.17) is 0 Å². The van der Waals surface area contributed by atoms with E-state index in [1.165, 1.54) is 19.3 Å². The zero-order chi connectivity index (χ0) is 16.2. The number of hydrogen-bond donors (Lipinski definition) is 1. The number of alkyl halides is 4. The second-order valence-electron chi connectivity index (χ2n) is 8.49. The predicted molar refractivity (Wildman–Crippen MR) is 78.3 cm³/mol. The molecule has 1 nitrogen and oxygen atoms in total. The van der Waals surface area contributed by atoms with Crippen LogP contribution in [0.5, 0.6) is 0 Å². The molecule has 0 heterocycles. The van der Waals surface area contributed by atoms with Crippen LogP contribution in [0.2, 0.25) is 0 Å². The summed E-state index contributed by atoms with van der Waals surface area (Å²) in [4.78, 5) is 0. The predicted octanol–water partition coefficient (Wildman–Crippen LogP) is 4.86. The van der Waals surface area contributed by atoms with Crippen molar-refractivity contribution >= 4 is 0 Å². The second-order valence-corrected chi connectivity index (χ2v) is 8.49. The van der Waals surface area contributed by atoms with E-state index in [-0.39, 0.29) is 11.5 Å². The Morgan fingerprint density at radius 1 is 1.00 bits per heavy atom. The van der Waals surface area contributed by atoms with Gasteiger partial charge in [0.15, 0.2) is 0 Å². The van der Waals surface area contributed by atoms with Crippen molar-refractivity contribution in [3.8, 4) is 0 Å². The summed E-state index contributed by atoms with van der Waals surface area (Å²) in [5.74, 6) is -4.40. The molecule has 0 radical (unpaired) electrons. The van der Waals surface area contributed by atoms with Crippen LogP contribution in [-0.2, 0) is 0 Å². The third-order valence-electron chi connectivity index (χ3n) is 6.24. The maximum atomic E-state index is 13.7. The molecule has 1 unspecified atom stereocenters. The van der Waals surface area contributed by atoms with Crippen LogP contribution in [-0.4, -0.2) is 24.4 Å². The van der Waals surface area contributed by atoms with Crippen LogP contribution in [0.25, 0.3) is 0 Å². The van der Waals surface area contributed by atoms with E-state index in [1.54, 1.807) is 0 Å². The highest BCUT2D eigenvalue weighted by Crippen LogP contribution is 2.61. The summed E-state index contributed by atoms with van der Waals surface area (Å²) < 4.78 is 53.1. The van der Waals surface area contributed by atoms with Crippen LogP contribution in [0.4, 0.5) is 17.6 Å². The molecule has 0 saturated heterocycles. The van der Waals surface area contributed by atoms with E-state index < -0.39 is 24.8 Å². The van der Waals surface area contributed by atoms with Gasteiger partial charge in [-0.05, 0) is 75.5 Å². The Morgan fingerprint density at radius 2 is 1.45 bits per heavy atom. The lowest BCUT2D eigenvalue weighted by molar-refractivity contribution is -0.107. The summed E-state index contributed by atoms with van der Waals surface area (Å²) in [5, 5.41) is 2.92. The second kappa shape index (κ2) is 5.35. The number of hydrogen-bond acceptors (Lipinski definition) is 1. The zero-order valence-corrected chi connectivity index (χ0v) is 13.5. The molecule has 4 aliphatic rings. The number of rotatable bonds is 6. The number of nitrogens with one attached hydrogen (secondary N) is 1. The van der Waals surface area contributed by atoms with Crippen LogP contribution < -0.4 is 5.32 Å². The van der Waals surface area contributed by atoms with Crippen molar-refractivity contribution < 1.29 is 17.6 Å². The van der Waals surface area contributed by atoms with Gasteiger partial charge in [-0.1, -0.05) is 0 Å². The summed E-state index contributed by atoms with van der Waals surface area (Å²) >= 11 is 0. The topological polar surface area (TPSA) is 12.0 Å². The Labute approximate surface area is 130 Å². The minimum atomic E-state index is -3.35. The summed E-state index contributed by atoms with van der Waals surface area (Å²) in [7, 11) is 0. The van der Waals surface area contributed by atoms with E-state index in [0.717, 1.165) is 37.0 Å². The third-order valence-corrected chi connectivity index (χ3v) is 6.24. The minimum absolute atomic E-state index is 0.0164. The zero-order valence-electron chi connectivity index (χ0n) is 13.5. The maximum Gasteiger partial charge on any atom is 0.266 e. The highest BCUT2D eigenvalue weighted by Gasteiger charge is 2.53. The van der Waals surface area contributed by atoms with Crippen molar-refractivity contribution in [3.63, 3.8) is 0 Å². The van der Waals surface area contributed by atoms with Gasteiger partial charge in [-0.3, -0.25) is 0 Å². The van der Waals surface area contributed by atoms with E-state index in [0.29, 0.717) is 6.92 Å². The summed E-state index contributed by atoms with van der Waals surface area (Å²) in [6, 6.07) is -0.0164. The quantitative estimate of drug-likeness (QED) is 0.689. The van der Waals surface area contributed by atoms with Gasteiger partial charge in [0.2, 0.25) is 0 Å². The molecule has 1 N–H and O–H groups in total. The van der Waals surface area contributed by atoms with Crippen molar-refractivity contribution in [2.24, 2.45) is 23.2 Å². The number of halogens is 4. The van der Waals surface area contributed by atoms with E-state index >= 15 is 0 Å². The molecule has 0 amide bonds. The van der Waals surface area contributed by atoms with E-state index in [9.17, 15) is 17.6 Å². The van der Waals surface area contributed by atoms with Crippen LogP contribution >= 0.6 is 0 Å². The van der Waals surface area contributed by atoms with E-state index in [1.807, 2.05) is 6.92 Å². The Morgan fingerprint density at radius 3 is 1.86 bits per heavy atom. The lowest BCUT2D eigenvalue weighted by Crippen LogP contribution is -2.56. The molecule has 5 heteroatoms. The average Bonchev–Trinajstić information content (AvgIpc) is 2.31. The molecule has 4 saturated carbocycles. The average molecular weight is 321 g/mol. The smallest absolute Gasteiger partial charge is 0.266 e. The van der Waals surface area contributed by atoms with Gasteiger partial charge >= 0.3 is 0 Å². The molecule has 128 valence electrons. The molecule has 0 aliphatic heterocycles. The van der Waals surface area contributed by atoms with Gasteiger partial charge < -0.3 is 5.32 Å². The molecule has 0 aromatic heterocycles. The molecule has 4 bridgehead atoms. The largest absolute Gasteiger partial charge is 0.308 e. The highest BCUT2D eigenvalue weighted by atomic mass is 19.3. The van der Waals surface area contributed by atoms with Gasteiger partial charge in [0, 0.05) is 6.04 Å². The summed E-state index contributed by atoms with van der Waals surface area (Å²) in [6.45, 7) is 1.90. The normalized spacial score (nSPS) is 39.3. The first kappa shape index (κ1) is 16.5. The van der Waals surface area contributed by atoms with Gasteiger partial charge in [0.1, 0.15) is 0 Å². The monoisotopic (exact) mass is 321 g/mol. The standard InChI is InChI=1S/C17H27F4N/c1-11(22-10-17(20,21)9-15(2,18)19)16-6-12-3-13(7-16)5-14(4-12)8-16/h11-14,22H,3-10H2,1-2H3. The highest BCUT2D eigenvalue weighted by molar-refractivity contribution is 5.05. The van der Waals surface area contributed by atoms with Gasteiger partial charge in [0.25, 0.3) is 11.8 Å². The minimum Gasteiger partial charge on any atom is -0.308 e. The molecular weight excluding hydrogens is 294 g/mol. The van der Waals surface area contributed by atoms with Crippen LogP contribution in [0, 0.1) is 23.2 Å². The van der Waals surface area contributed by atoms with Gasteiger partial charge in [0.05, 0.1) is 13.0 Å². The van der Waals surface area contributed by atoms with Gasteiger partial charge in [-0.2, -0.15) is 0 Å². The lowest BCUT2D eigenvalue weighted by atomic mass is 9.48. The molecule has 22 heavy (non-hydrogen) atoms. The molecule has 4 aliphatic carbocycles. The van der Waals surface area contributed by atoms with Crippen LogP contribution in [0.15, 0.2) is 0 Å². The van der Waals surface area contributed by atoms with Crippen LogP contribution in [0.1, 0.15) is 58.8 Å². The fraction of sp³-hybridized carbons (Fsp3) is 1.00. The van der Waals surface area contributed by atoms with Crippen molar-refractivity contribution in [2.45, 2.75) is 76.7 Å². The first-order valence-corrected chi connectivity index (χ1v) is 8.56. The lowest BCUT2D eigenvalue weighted by Gasteiger charge is -2.59. The fourth-order valence-corrected chi connectivity index (χ4v) is 5.74. The van der Waals surface area contributed by atoms with Gasteiger partial charge in [-0.15, -0.1) is 0 Å². The summed E-state index contributed by atoms with van der Waals surface area (Å²) in [5.41, 5.74) is 0.125. The molecule has 0 aromatic rings. The van der Waals surface area contributed by atoms with Crippen molar-refractivity contribution in [1.82, 2.24) is 5.32 Å². The van der Waals surface area contributed by atoms with Gasteiger partial charge in [-0.25, -0.2) is 17.6 Å². The van der Waals surface area contributed by atoms with E-state index in [2.05, 4.69) is 5.32 Å².